The van der Waals surface area contributed by atoms with Crippen LogP contribution in [-0.4, -0.2) is 30.6 Å². The molecule has 1 aliphatic carbocycles. The van der Waals surface area contributed by atoms with Crippen LogP contribution in [0.25, 0.3) is 6.08 Å². The Kier molecular flexibility index (Phi) is 9.03. The third kappa shape index (κ3) is 8.02. The molecule has 0 bridgehead atoms. The van der Waals surface area contributed by atoms with E-state index in [1.54, 1.807) is 12.2 Å². The highest BCUT2D eigenvalue weighted by Crippen LogP contribution is 2.50. The number of alkyl halides is 9. The van der Waals surface area contributed by atoms with Gasteiger partial charge in [0.1, 0.15) is 6.54 Å². The molecule has 1 aliphatic rings. The summed E-state index contributed by atoms with van der Waals surface area (Å²) in [5.41, 5.74) is -3.76. The Morgan fingerprint density at radius 1 is 1.00 bits per heavy atom. The number of rotatable bonds is 9. The zero-order chi connectivity index (χ0) is 30.1. The molecule has 3 rings (SSSR count). The number of Topliss-reactive ketones (excluding diaryl/α,β-unsaturated/α-hetero) is 1. The van der Waals surface area contributed by atoms with Gasteiger partial charge in [-0.3, -0.25) is 9.59 Å². The quantitative estimate of drug-likeness (QED) is 0.233. The maximum atomic E-state index is 13.9. The smallest absolute Gasteiger partial charge is 0.346 e. The Balaban J connectivity index is 1.89. The lowest BCUT2D eigenvalue weighted by Crippen LogP contribution is -2.39. The fourth-order valence-electron chi connectivity index (χ4n) is 4.22. The van der Waals surface area contributed by atoms with Crippen LogP contribution in [0.1, 0.15) is 64.7 Å². The number of benzene rings is 2. The number of ketones is 1. The summed E-state index contributed by atoms with van der Waals surface area (Å²) in [6.45, 7) is 0.0693. The van der Waals surface area contributed by atoms with E-state index < -0.39 is 65.6 Å². The van der Waals surface area contributed by atoms with Crippen molar-refractivity contribution in [3.05, 3.63) is 75.3 Å². The van der Waals surface area contributed by atoms with E-state index in [0.717, 1.165) is 24.3 Å². The van der Waals surface area contributed by atoms with Gasteiger partial charge in [-0.05, 0) is 54.2 Å². The minimum absolute atomic E-state index is 0.0205. The van der Waals surface area contributed by atoms with Crippen LogP contribution in [0.2, 0.25) is 5.02 Å². The summed E-state index contributed by atoms with van der Waals surface area (Å²) in [6, 6.07) is 6.23. The number of carbonyl (C=O) groups excluding carboxylic acids is 2. The Bertz CT molecular complexity index is 1290. The molecule has 0 saturated heterocycles. The summed E-state index contributed by atoms with van der Waals surface area (Å²) >= 11 is 5.94. The Labute approximate surface area is 228 Å². The van der Waals surface area contributed by atoms with Crippen molar-refractivity contribution < 1.29 is 49.1 Å². The highest BCUT2D eigenvalue weighted by molar-refractivity contribution is 6.30. The van der Waals surface area contributed by atoms with Crippen molar-refractivity contribution in [1.82, 2.24) is 5.32 Å². The minimum atomic E-state index is -5.09. The van der Waals surface area contributed by atoms with Gasteiger partial charge in [0.15, 0.2) is 5.78 Å². The molecule has 0 heterocycles. The molecule has 0 spiro atoms. The predicted molar refractivity (Wildman–Crippen MR) is 130 cm³/mol. The number of hydrogen-bond acceptors (Lipinski definition) is 2. The SMILES string of the molecule is CCc1cc(Cl)cc(C(/C=C/c2ccc(C(=O)CC3(C(=O)NCC(F)(F)F)CC3)c(C(F)(F)F)c2)C(F)(F)F)c1. The van der Waals surface area contributed by atoms with E-state index in [1.165, 1.54) is 12.1 Å². The van der Waals surface area contributed by atoms with Crippen LogP contribution in [0.5, 0.6) is 0 Å². The second-order valence-corrected chi connectivity index (χ2v) is 10.0. The standard InChI is InChI=1S/C27H23ClF9NO2/c1-2-15-9-17(12-18(28)10-15)20(26(32,33)34)6-4-16-3-5-19(21(11-16)27(35,36)37)22(39)13-24(7-8-24)23(40)38-14-25(29,30)31/h3-6,9-12,20H,2,7-8,13-14H2,1H3,(H,38,40)/b6-4+. The highest BCUT2D eigenvalue weighted by atomic mass is 35.5. The van der Waals surface area contributed by atoms with Gasteiger partial charge < -0.3 is 5.32 Å². The first-order valence-electron chi connectivity index (χ1n) is 12.0. The van der Waals surface area contributed by atoms with Crippen LogP contribution < -0.4 is 5.32 Å². The van der Waals surface area contributed by atoms with Crippen LogP contribution in [0.3, 0.4) is 0 Å². The Morgan fingerprint density at radius 3 is 2.17 bits per heavy atom. The molecule has 0 aromatic heterocycles. The molecule has 13 heteroatoms. The van der Waals surface area contributed by atoms with Crippen molar-refractivity contribution in [2.24, 2.45) is 5.41 Å². The molecule has 0 radical (unpaired) electrons. The average molecular weight is 600 g/mol. The van der Waals surface area contributed by atoms with Crippen molar-refractivity contribution in [3.63, 3.8) is 0 Å². The van der Waals surface area contributed by atoms with Crippen LogP contribution >= 0.6 is 11.6 Å². The van der Waals surface area contributed by atoms with Gasteiger partial charge in [0.2, 0.25) is 5.91 Å². The first kappa shape index (κ1) is 31.5. The number of allylic oxidation sites excluding steroid dienone is 1. The second-order valence-electron chi connectivity index (χ2n) is 9.61. The van der Waals surface area contributed by atoms with Crippen molar-refractivity contribution >= 4 is 29.4 Å². The molecule has 218 valence electrons. The topological polar surface area (TPSA) is 46.2 Å². The molecule has 1 unspecified atom stereocenters. The normalized spacial score (nSPS) is 16.2. The molecule has 1 fully saturated rings. The van der Waals surface area contributed by atoms with Crippen LogP contribution in [0, 0.1) is 5.41 Å². The molecule has 2 aromatic rings. The Morgan fingerprint density at radius 2 is 1.65 bits per heavy atom. The van der Waals surface area contributed by atoms with E-state index in [4.69, 9.17) is 11.6 Å². The van der Waals surface area contributed by atoms with Gasteiger partial charge in [0.05, 0.1) is 16.9 Å². The van der Waals surface area contributed by atoms with Crippen LogP contribution in [-0.2, 0) is 17.4 Å². The molecule has 1 saturated carbocycles. The number of nitrogens with one attached hydrogen (secondary N) is 1. The molecule has 3 nitrogen and oxygen atoms in total. The third-order valence-corrected chi connectivity index (χ3v) is 6.73. The van der Waals surface area contributed by atoms with E-state index in [0.29, 0.717) is 24.1 Å². The first-order valence-corrected chi connectivity index (χ1v) is 12.4. The van der Waals surface area contributed by atoms with Gasteiger partial charge in [-0.1, -0.05) is 48.9 Å². The maximum absolute atomic E-state index is 13.9. The third-order valence-electron chi connectivity index (χ3n) is 6.51. The summed E-state index contributed by atoms with van der Waals surface area (Å²) in [5.74, 6) is -4.39. The molecular weight excluding hydrogens is 577 g/mol. The minimum Gasteiger partial charge on any atom is -0.346 e. The van der Waals surface area contributed by atoms with Gasteiger partial charge in [-0.2, -0.15) is 39.5 Å². The molecule has 2 aromatic carbocycles. The van der Waals surface area contributed by atoms with Crippen molar-refractivity contribution in [3.8, 4) is 0 Å². The molecule has 1 atom stereocenters. The first-order chi connectivity index (χ1) is 18.3. The van der Waals surface area contributed by atoms with Gasteiger partial charge in [-0.15, -0.1) is 0 Å². The van der Waals surface area contributed by atoms with Crippen LogP contribution in [0.15, 0.2) is 42.5 Å². The molecule has 1 amide bonds. The van der Waals surface area contributed by atoms with E-state index in [9.17, 15) is 49.1 Å². The summed E-state index contributed by atoms with van der Waals surface area (Å²) in [5, 5.41) is 1.72. The number of carbonyl (C=O) groups is 2. The van der Waals surface area contributed by atoms with E-state index >= 15 is 0 Å². The van der Waals surface area contributed by atoms with E-state index in [2.05, 4.69) is 0 Å². The fraction of sp³-hybridized carbons (Fsp3) is 0.407. The van der Waals surface area contributed by atoms with Gasteiger partial charge in [0, 0.05) is 17.0 Å². The molecular formula is C27H23ClF9NO2. The predicted octanol–water partition coefficient (Wildman–Crippen LogP) is 8.31. The van der Waals surface area contributed by atoms with Crippen LogP contribution in [0.4, 0.5) is 39.5 Å². The molecule has 0 aliphatic heterocycles. The number of amides is 1. The zero-order valence-electron chi connectivity index (χ0n) is 20.8. The van der Waals surface area contributed by atoms with Crippen molar-refractivity contribution in [1.29, 1.82) is 0 Å². The lowest BCUT2D eigenvalue weighted by Gasteiger charge is -2.19. The molecule has 40 heavy (non-hydrogen) atoms. The fourth-order valence-corrected chi connectivity index (χ4v) is 4.49. The largest absolute Gasteiger partial charge is 0.417 e. The lowest BCUT2D eigenvalue weighted by molar-refractivity contribution is -0.141. The number of aryl methyl sites for hydroxylation is 1. The summed E-state index contributed by atoms with van der Waals surface area (Å²) < 4.78 is 120. The Hall–Kier alpha value is -3.02. The lowest BCUT2D eigenvalue weighted by atomic mass is 9.90. The maximum Gasteiger partial charge on any atom is 0.417 e. The number of hydrogen-bond donors (Lipinski definition) is 1. The van der Waals surface area contributed by atoms with E-state index in [1.807, 2.05) is 0 Å². The van der Waals surface area contributed by atoms with Crippen molar-refractivity contribution in [2.45, 2.75) is 57.1 Å². The van der Waals surface area contributed by atoms with Gasteiger partial charge in [0.25, 0.3) is 0 Å². The van der Waals surface area contributed by atoms with E-state index in [-0.39, 0.29) is 29.0 Å². The summed E-state index contributed by atoms with van der Waals surface area (Å²) in [6.07, 6.45) is -13.4. The highest BCUT2D eigenvalue weighted by Gasteiger charge is 2.52. The van der Waals surface area contributed by atoms with Gasteiger partial charge >= 0.3 is 18.5 Å². The van der Waals surface area contributed by atoms with Crippen molar-refractivity contribution in [2.75, 3.05) is 6.54 Å². The van der Waals surface area contributed by atoms with Gasteiger partial charge in [-0.25, -0.2) is 0 Å². The summed E-state index contributed by atoms with van der Waals surface area (Å²) in [4.78, 5) is 25.0. The average Bonchev–Trinajstić information content (AvgIpc) is 3.60. The number of halogens is 10. The monoisotopic (exact) mass is 599 g/mol. The summed E-state index contributed by atoms with van der Waals surface area (Å²) in [7, 11) is 0. The second kappa shape index (κ2) is 11.5. The zero-order valence-corrected chi connectivity index (χ0v) is 21.6. The molecule has 1 N–H and O–H groups in total.